The van der Waals surface area contributed by atoms with E-state index in [9.17, 15) is 9.59 Å². The first-order chi connectivity index (χ1) is 13.5. The van der Waals surface area contributed by atoms with Crippen molar-refractivity contribution in [1.29, 1.82) is 0 Å². The van der Waals surface area contributed by atoms with Crippen LogP contribution in [0.25, 0.3) is 5.69 Å². The molecule has 148 valence electrons. The average Bonchev–Trinajstić information content (AvgIpc) is 2.67. The Hall–Kier alpha value is -2.87. The molecule has 4 rings (SSSR count). The molecule has 0 radical (unpaired) electrons. The minimum atomic E-state index is -0.679. The lowest BCUT2D eigenvalue weighted by molar-refractivity contribution is 0.0488. The number of rotatable bonds is 3. The van der Waals surface area contributed by atoms with Gasteiger partial charge in [-0.2, -0.15) is 4.98 Å². The van der Waals surface area contributed by atoms with Crippen LogP contribution in [0.5, 0.6) is 0 Å². The first-order valence-electron chi connectivity index (χ1n) is 9.67. The van der Waals surface area contributed by atoms with Crippen LogP contribution in [-0.4, -0.2) is 39.2 Å². The van der Waals surface area contributed by atoms with Crippen molar-refractivity contribution < 1.29 is 9.53 Å². The highest BCUT2D eigenvalue weighted by molar-refractivity contribution is 5.64. The second-order valence-corrected chi connectivity index (χ2v) is 7.55. The largest absolute Gasteiger partial charge is 0.446 e. The summed E-state index contributed by atoms with van der Waals surface area (Å²) in [5.41, 5.74) is 13.7. The number of nitrogens with two attached hydrogens (primary N) is 2. The van der Waals surface area contributed by atoms with Crippen molar-refractivity contribution in [2.24, 2.45) is 5.73 Å². The zero-order valence-electron chi connectivity index (χ0n) is 15.7. The number of hydrogen-bond donors (Lipinski definition) is 2. The first kappa shape index (κ1) is 18.5. The van der Waals surface area contributed by atoms with E-state index in [1.54, 1.807) is 12.3 Å². The summed E-state index contributed by atoms with van der Waals surface area (Å²) in [6, 6.07) is 8.26. The molecule has 8 nitrogen and oxygen atoms in total. The number of amides is 1. The van der Waals surface area contributed by atoms with Gasteiger partial charge in [0.05, 0.1) is 5.69 Å². The van der Waals surface area contributed by atoms with Crippen molar-refractivity contribution in [3.8, 4) is 5.69 Å². The Morgan fingerprint density at radius 1 is 1.14 bits per heavy atom. The van der Waals surface area contributed by atoms with E-state index in [0.717, 1.165) is 50.9 Å². The molecule has 1 amide bonds. The van der Waals surface area contributed by atoms with Crippen molar-refractivity contribution in [2.45, 2.75) is 50.8 Å². The van der Waals surface area contributed by atoms with Gasteiger partial charge in [-0.25, -0.2) is 9.59 Å². The molecule has 2 heterocycles. The molecule has 2 aromatic rings. The van der Waals surface area contributed by atoms with Crippen LogP contribution in [0.2, 0.25) is 0 Å². The van der Waals surface area contributed by atoms with Crippen LogP contribution >= 0.6 is 0 Å². The van der Waals surface area contributed by atoms with Crippen LogP contribution in [0, 0.1) is 0 Å². The summed E-state index contributed by atoms with van der Waals surface area (Å²) >= 11 is 0. The minimum Gasteiger partial charge on any atom is -0.446 e. The highest BCUT2D eigenvalue weighted by Crippen LogP contribution is 2.30. The first-order valence-corrected chi connectivity index (χ1v) is 9.67. The summed E-state index contributed by atoms with van der Waals surface area (Å²) in [4.78, 5) is 29.3. The SMILES string of the molecule is NC(=O)OC1CCC(N2CCc3cc(-n4ccc(N)nc4=O)ccc3C2)CC1. The maximum absolute atomic E-state index is 12.1. The van der Waals surface area contributed by atoms with E-state index in [-0.39, 0.29) is 17.6 Å². The summed E-state index contributed by atoms with van der Waals surface area (Å²) in [6.45, 7) is 1.88. The van der Waals surface area contributed by atoms with Crippen LogP contribution in [-0.2, 0) is 17.7 Å². The normalized spacial score (nSPS) is 22.4. The summed E-state index contributed by atoms with van der Waals surface area (Å²) in [5, 5.41) is 0. The number of nitrogen functional groups attached to an aromatic ring is 1. The van der Waals surface area contributed by atoms with Crippen LogP contribution in [0.15, 0.2) is 35.3 Å². The zero-order valence-corrected chi connectivity index (χ0v) is 15.7. The maximum Gasteiger partial charge on any atom is 0.404 e. The second kappa shape index (κ2) is 7.63. The topological polar surface area (TPSA) is 116 Å². The smallest absolute Gasteiger partial charge is 0.404 e. The van der Waals surface area contributed by atoms with E-state index in [1.165, 1.54) is 15.7 Å². The second-order valence-electron chi connectivity index (χ2n) is 7.55. The summed E-state index contributed by atoms with van der Waals surface area (Å²) in [5.74, 6) is 0.228. The molecule has 1 aromatic heterocycles. The quantitative estimate of drug-likeness (QED) is 0.831. The lowest BCUT2D eigenvalue weighted by Gasteiger charge is -2.39. The number of carbonyl (C=O) groups is 1. The molecule has 4 N–H and O–H groups in total. The Morgan fingerprint density at radius 2 is 1.93 bits per heavy atom. The number of hydrogen-bond acceptors (Lipinski definition) is 6. The number of ether oxygens (including phenoxy) is 1. The third-order valence-electron chi connectivity index (χ3n) is 5.78. The van der Waals surface area contributed by atoms with Gasteiger partial charge in [-0.3, -0.25) is 9.47 Å². The fourth-order valence-corrected chi connectivity index (χ4v) is 4.33. The van der Waals surface area contributed by atoms with E-state index in [0.29, 0.717) is 6.04 Å². The molecule has 28 heavy (non-hydrogen) atoms. The maximum atomic E-state index is 12.1. The number of aromatic nitrogens is 2. The third-order valence-corrected chi connectivity index (χ3v) is 5.78. The van der Waals surface area contributed by atoms with Gasteiger partial charge in [-0.05, 0) is 61.4 Å². The van der Waals surface area contributed by atoms with Crippen molar-refractivity contribution in [3.63, 3.8) is 0 Å². The number of benzene rings is 1. The fourth-order valence-electron chi connectivity index (χ4n) is 4.33. The molecular weight excluding hydrogens is 358 g/mol. The summed E-state index contributed by atoms with van der Waals surface area (Å²) < 4.78 is 6.65. The van der Waals surface area contributed by atoms with E-state index in [1.807, 2.05) is 6.07 Å². The predicted octanol–water partition coefficient (Wildman–Crippen LogP) is 1.58. The van der Waals surface area contributed by atoms with Crippen molar-refractivity contribution in [2.75, 3.05) is 12.3 Å². The molecular formula is C20H25N5O3. The number of carbonyl (C=O) groups excluding carboxylic acids is 1. The molecule has 0 spiro atoms. The Kier molecular flexibility index (Phi) is 5.04. The van der Waals surface area contributed by atoms with Gasteiger partial charge >= 0.3 is 11.8 Å². The highest BCUT2D eigenvalue weighted by atomic mass is 16.6. The van der Waals surface area contributed by atoms with E-state index >= 15 is 0 Å². The van der Waals surface area contributed by atoms with E-state index < -0.39 is 6.09 Å². The molecule has 0 bridgehead atoms. The summed E-state index contributed by atoms with van der Waals surface area (Å²) in [7, 11) is 0. The third kappa shape index (κ3) is 3.87. The number of anilines is 1. The lowest BCUT2D eigenvalue weighted by atomic mass is 9.89. The van der Waals surface area contributed by atoms with Gasteiger partial charge in [-0.15, -0.1) is 0 Å². The van der Waals surface area contributed by atoms with Gasteiger partial charge in [-0.1, -0.05) is 6.07 Å². The van der Waals surface area contributed by atoms with Crippen LogP contribution in [0.1, 0.15) is 36.8 Å². The van der Waals surface area contributed by atoms with Gasteiger partial charge < -0.3 is 16.2 Å². The minimum absolute atomic E-state index is 0.0415. The van der Waals surface area contributed by atoms with Gasteiger partial charge in [0.1, 0.15) is 11.9 Å². The Labute approximate surface area is 163 Å². The van der Waals surface area contributed by atoms with Gasteiger partial charge in [0.15, 0.2) is 0 Å². The lowest BCUT2D eigenvalue weighted by Crippen LogP contribution is -2.42. The average molecular weight is 383 g/mol. The molecule has 0 atom stereocenters. The van der Waals surface area contributed by atoms with Crippen molar-refractivity contribution in [1.82, 2.24) is 14.5 Å². The molecule has 1 aliphatic carbocycles. The molecule has 1 fully saturated rings. The monoisotopic (exact) mass is 383 g/mol. The van der Waals surface area contributed by atoms with Gasteiger partial charge in [0, 0.05) is 25.3 Å². The van der Waals surface area contributed by atoms with Crippen LogP contribution < -0.4 is 17.2 Å². The standard InChI is InChI=1S/C20H25N5O3/c21-18-8-10-25(20(27)23-18)16-2-1-14-12-24(9-7-13(14)11-16)15-3-5-17(6-4-15)28-19(22)26/h1-2,8,10-11,15,17H,3-7,9,12H2,(H2,22,26)(H2,21,23,27). The highest BCUT2D eigenvalue weighted by Gasteiger charge is 2.29. The number of nitrogens with zero attached hydrogens (tertiary/aromatic N) is 3. The van der Waals surface area contributed by atoms with Crippen LogP contribution in [0.3, 0.4) is 0 Å². The number of fused-ring (bicyclic) bond motifs is 1. The molecule has 8 heteroatoms. The van der Waals surface area contributed by atoms with E-state index in [4.69, 9.17) is 16.2 Å². The molecule has 1 saturated carbocycles. The molecule has 1 aromatic carbocycles. The zero-order chi connectivity index (χ0) is 19.7. The number of primary amides is 1. The van der Waals surface area contributed by atoms with Crippen LogP contribution in [0.4, 0.5) is 10.6 Å². The summed E-state index contributed by atoms with van der Waals surface area (Å²) in [6.07, 6.45) is 5.63. The molecule has 0 unspecified atom stereocenters. The molecule has 1 aliphatic heterocycles. The molecule has 0 saturated heterocycles. The molecule has 2 aliphatic rings. The van der Waals surface area contributed by atoms with E-state index in [2.05, 4.69) is 22.0 Å². The fraction of sp³-hybridized carbons (Fsp3) is 0.450. The Morgan fingerprint density at radius 3 is 2.64 bits per heavy atom. The van der Waals surface area contributed by atoms with Crippen molar-refractivity contribution >= 4 is 11.9 Å². The predicted molar refractivity (Wildman–Crippen MR) is 105 cm³/mol. The Balaban J connectivity index is 1.44. The Bertz CT molecular complexity index is 934. The van der Waals surface area contributed by atoms with Gasteiger partial charge in [0.25, 0.3) is 0 Å². The van der Waals surface area contributed by atoms with Gasteiger partial charge in [0.2, 0.25) is 0 Å². The van der Waals surface area contributed by atoms with Crippen molar-refractivity contribution in [3.05, 3.63) is 52.1 Å².